The van der Waals surface area contributed by atoms with Gasteiger partial charge in [0.25, 0.3) is 0 Å². The zero-order chi connectivity index (χ0) is 11.5. The third kappa shape index (κ3) is 2.12. The molecule has 0 aromatic heterocycles. The van der Waals surface area contributed by atoms with E-state index in [1.54, 1.807) is 11.8 Å². The van der Waals surface area contributed by atoms with Gasteiger partial charge in [-0.2, -0.15) is 0 Å². The molecule has 82 valence electrons. The zero-order valence-electron chi connectivity index (χ0n) is 9.40. The predicted molar refractivity (Wildman–Crippen MR) is 61.2 cm³/mol. The molecule has 1 N–H and O–H groups in total. The Balaban J connectivity index is 3.02. The second-order valence-corrected chi connectivity index (χ2v) is 3.83. The fraction of sp³-hybridized carbons (Fsp3) is 0.417. The van der Waals surface area contributed by atoms with Gasteiger partial charge in [0.2, 0.25) is 0 Å². The standard InChI is InChI=1S/C12H17NO2/c1-4-12(2,11(14)15)13(3)10-8-6-5-7-9-10/h5-9H,4H2,1-3H3,(H,14,15)/t12-/m0/s1. The van der Waals surface area contributed by atoms with Crippen LogP contribution in [0, 0.1) is 0 Å². The fourth-order valence-corrected chi connectivity index (χ4v) is 1.47. The summed E-state index contributed by atoms with van der Waals surface area (Å²) in [7, 11) is 1.81. The topological polar surface area (TPSA) is 40.5 Å². The lowest BCUT2D eigenvalue weighted by atomic mass is 9.96. The van der Waals surface area contributed by atoms with Gasteiger partial charge in [-0.25, -0.2) is 4.79 Å². The molecule has 0 amide bonds. The molecular weight excluding hydrogens is 190 g/mol. The molecule has 0 saturated heterocycles. The smallest absolute Gasteiger partial charge is 0.329 e. The number of carboxylic acid groups (broad SMARTS) is 1. The van der Waals surface area contributed by atoms with Crippen LogP contribution in [0.25, 0.3) is 0 Å². The Morgan fingerprint density at radius 2 is 1.93 bits per heavy atom. The Morgan fingerprint density at radius 3 is 2.33 bits per heavy atom. The number of anilines is 1. The van der Waals surface area contributed by atoms with Crippen molar-refractivity contribution in [3.63, 3.8) is 0 Å². The van der Waals surface area contributed by atoms with Crippen molar-refractivity contribution < 1.29 is 9.90 Å². The maximum absolute atomic E-state index is 11.2. The molecule has 0 unspecified atom stereocenters. The van der Waals surface area contributed by atoms with Gasteiger partial charge in [0.1, 0.15) is 5.54 Å². The molecule has 0 heterocycles. The van der Waals surface area contributed by atoms with Crippen LogP contribution in [0.2, 0.25) is 0 Å². The Kier molecular flexibility index (Phi) is 3.35. The highest BCUT2D eigenvalue weighted by Gasteiger charge is 2.35. The van der Waals surface area contributed by atoms with Gasteiger partial charge in [-0.3, -0.25) is 0 Å². The van der Waals surface area contributed by atoms with Crippen LogP contribution in [0.15, 0.2) is 30.3 Å². The summed E-state index contributed by atoms with van der Waals surface area (Å²) in [6.45, 7) is 3.62. The van der Waals surface area contributed by atoms with Gasteiger partial charge in [-0.1, -0.05) is 25.1 Å². The third-order valence-corrected chi connectivity index (χ3v) is 3.03. The number of rotatable bonds is 4. The van der Waals surface area contributed by atoms with E-state index in [0.717, 1.165) is 5.69 Å². The van der Waals surface area contributed by atoms with E-state index in [1.807, 2.05) is 44.3 Å². The van der Waals surface area contributed by atoms with Crippen LogP contribution < -0.4 is 4.90 Å². The van der Waals surface area contributed by atoms with E-state index in [4.69, 9.17) is 0 Å². The lowest BCUT2D eigenvalue weighted by Crippen LogP contribution is -2.50. The number of hydrogen-bond acceptors (Lipinski definition) is 2. The normalized spacial score (nSPS) is 14.3. The number of hydrogen-bond donors (Lipinski definition) is 1. The summed E-state index contributed by atoms with van der Waals surface area (Å²) >= 11 is 0. The van der Waals surface area contributed by atoms with Gasteiger partial charge in [-0.15, -0.1) is 0 Å². The van der Waals surface area contributed by atoms with Gasteiger partial charge in [0.15, 0.2) is 0 Å². The molecule has 1 aromatic rings. The van der Waals surface area contributed by atoms with E-state index in [9.17, 15) is 9.90 Å². The van der Waals surface area contributed by atoms with Crippen molar-refractivity contribution in [1.82, 2.24) is 0 Å². The first-order valence-electron chi connectivity index (χ1n) is 5.04. The second kappa shape index (κ2) is 4.34. The van der Waals surface area contributed by atoms with Crippen LogP contribution in [0.3, 0.4) is 0 Å². The molecule has 0 spiro atoms. The Morgan fingerprint density at radius 1 is 1.40 bits per heavy atom. The molecule has 15 heavy (non-hydrogen) atoms. The van der Waals surface area contributed by atoms with Crippen LogP contribution in [0.5, 0.6) is 0 Å². The average molecular weight is 207 g/mol. The van der Waals surface area contributed by atoms with Crippen molar-refractivity contribution in [2.45, 2.75) is 25.8 Å². The van der Waals surface area contributed by atoms with Crippen LogP contribution in [0.4, 0.5) is 5.69 Å². The largest absolute Gasteiger partial charge is 0.480 e. The lowest BCUT2D eigenvalue weighted by molar-refractivity contribution is -0.142. The lowest BCUT2D eigenvalue weighted by Gasteiger charge is -2.36. The van der Waals surface area contributed by atoms with Crippen molar-refractivity contribution >= 4 is 11.7 Å². The number of likely N-dealkylation sites (N-methyl/N-ethyl adjacent to an activating group) is 1. The Hall–Kier alpha value is -1.51. The summed E-state index contributed by atoms with van der Waals surface area (Å²) in [6, 6.07) is 9.56. The maximum atomic E-state index is 11.2. The molecule has 1 aromatic carbocycles. The molecule has 3 nitrogen and oxygen atoms in total. The van der Waals surface area contributed by atoms with Crippen LogP contribution in [0.1, 0.15) is 20.3 Å². The molecule has 0 saturated carbocycles. The van der Waals surface area contributed by atoms with Gasteiger partial charge in [0.05, 0.1) is 0 Å². The molecule has 0 fully saturated rings. The van der Waals surface area contributed by atoms with E-state index in [2.05, 4.69) is 0 Å². The fourth-order valence-electron chi connectivity index (χ4n) is 1.47. The van der Waals surface area contributed by atoms with Crippen molar-refractivity contribution in [3.05, 3.63) is 30.3 Å². The van der Waals surface area contributed by atoms with E-state index in [1.165, 1.54) is 0 Å². The number of aliphatic carboxylic acids is 1. The minimum Gasteiger partial charge on any atom is -0.480 e. The number of carboxylic acids is 1. The van der Waals surface area contributed by atoms with Crippen LogP contribution in [-0.4, -0.2) is 23.7 Å². The van der Waals surface area contributed by atoms with E-state index in [-0.39, 0.29) is 0 Å². The molecular formula is C12H17NO2. The summed E-state index contributed by atoms with van der Waals surface area (Å²) in [5.74, 6) is -0.795. The summed E-state index contributed by atoms with van der Waals surface area (Å²) < 4.78 is 0. The van der Waals surface area contributed by atoms with E-state index in [0.29, 0.717) is 6.42 Å². The minimum absolute atomic E-state index is 0.563. The first-order valence-corrected chi connectivity index (χ1v) is 5.04. The van der Waals surface area contributed by atoms with Crippen molar-refractivity contribution in [3.8, 4) is 0 Å². The molecule has 0 bridgehead atoms. The quantitative estimate of drug-likeness (QED) is 0.824. The Bertz CT molecular complexity index is 337. The molecule has 0 aliphatic rings. The molecule has 1 rings (SSSR count). The third-order valence-electron chi connectivity index (χ3n) is 3.03. The highest BCUT2D eigenvalue weighted by Crippen LogP contribution is 2.24. The van der Waals surface area contributed by atoms with Gasteiger partial charge < -0.3 is 10.0 Å². The van der Waals surface area contributed by atoms with Crippen molar-refractivity contribution in [1.29, 1.82) is 0 Å². The minimum atomic E-state index is -0.846. The predicted octanol–water partition coefficient (Wildman–Crippen LogP) is 2.38. The molecule has 0 aliphatic carbocycles. The zero-order valence-corrected chi connectivity index (χ0v) is 9.40. The summed E-state index contributed by atoms with van der Waals surface area (Å²) in [4.78, 5) is 13.0. The monoisotopic (exact) mass is 207 g/mol. The summed E-state index contributed by atoms with van der Waals surface area (Å²) in [6.07, 6.45) is 0.563. The first-order chi connectivity index (χ1) is 7.02. The number of nitrogens with zero attached hydrogens (tertiary/aromatic N) is 1. The number of benzene rings is 1. The van der Waals surface area contributed by atoms with Gasteiger partial charge >= 0.3 is 5.97 Å². The van der Waals surface area contributed by atoms with Gasteiger partial charge in [-0.05, 0) is 25.5 Å². The van der Waals surface area contributed by atoms with E-state index < -0.39 is 11.5 Å². The van der Waals surface area contributed by atoms with Crippen molar-refractivity contribution in [2.24, 2.45) is 0 Å². The Labute approximate surface area is 90.3 Å². The van der Waals surface area contributed by atoms with Crippen molar-refractivity contribution in [2.75, 3.05) is 11.9 Å². The second-order valence-electron chi connectivity index (χ2n) is 3.83. The highest BCUT2D eigenvalue weighted by atomic mass is 16.4. The van der Waals surface area contributed by atoms with Crippen LogP contribution >= 0.6 is 0 Å². The SMILES string of the molecule is CC[C@@](C)(C(=O)O)N(C)c1ccccc1. The maximum Gasteiger partial charge on any atom is 0.329 e. The summed E-state index contributed by atoms with van der Waals surface area (Å²) in [5, 5.41) is 9.22. The van der Waals surface area contributed by atoms with Crippen LogP contribution in [-0.2, 0) is 4.79 Å². The molecule has 1 atom stereocenters. The molecule has 0 aliphatic heterocycles. The summed E-state index contributed by atoms with van der Waals surface area (Å²) in [5.41, 5.74) is 0.0747. The van der Waals surface area contributed by atoms with E-state index >= 15 is 0 Å². The van der Waals surface area contributed by atoms with Gasteiger partial charge in [0, 0.05) is 12.7 Å². The number of para-hydroxylation sites is 1. The first kappa shape index (κ1) is 11.6. The molecule has 3 heteroatoms. The average Bonchev–Trinajstić information content (AvgIpc) is 2.28. The number of carbonyl (C=O) groups is 1. The molecule has 0 radical (unpaired) electrons. The highest BCUT2D eigenvalue weighted by molar-refractivity contribution is 5.82.